The van der Waals surface area contributed by atoms with E-state index in [0.29, 0.717) is 0 Å². The molecule has 0 heterocycles. The maximum atomic E-state index is 5.68. The van der Waals surface area contributed by atoms with Gasteiger partial charge in [0, 0.05) is 0 Å². The number of benzene rings is 2. The van der Waals surface area contributed by atoms with Crippen molar-refractivity contribution in [3.63, 3.8) is 0 Å². The van der Waals surface area contributed by atoms with Gasteiger partial charge in [-0.2, -0.15) is 0 Å². The van der Waals surface area contributed by atoms with E-state index >= 15 is 0 Å². The molecule has 2 fully saturated rings. The third kappa shape index (κ3) is 4.99. The van der Waals surface area contributed by atoms with Crippen LogP contribution >= 0.6 is 24.8 Å². The van der Waals surface area contributed by atoms with E-state index in [2.05, 4.69) is 60.7 Å². The van der Waals surface area contributed by atoms with E-state index in [-0.39, 0.29) is 24.8 Å². The molecule has 4 aliphatic carbocycles. The molecule has 0 nitrogen and oxygen atoms in total. The van der Waals surface area contributed by atoms with Crippen LogP contribution in [-0.2, 0) is 24.7 Å². The normalized spacial score (nSPS) is 20.2. The van der Waals surface area contributed by atoms with Crippen molar-refractivity contribution in [1.29, 1.82) is 0 Å². The first-order valence-electron chi connectivity index (χ1n) is 14.3. The van der Waals surface area contributed by atoms with E-state index in [4.69, 9.17) is 4.21 Å². The molecule has 36 heavy (non-hydrogen) atoms. The van der Waals surface area contributed by atoms with Crippen LogP contribution in [-0.4, -0.2) is 4.21 Å². The fourth-order valence-electron chi connectivity index (χ4n) is 8.62. The van der Waals surface area contributed by atoms with Gasteiger partial charge < -0.3 is 0 Å². The topological polar surface area (TPSA) is 0 Å². The number of allylic oxidation sites excluding steroid dienone is 4. The van der Waals surface area contributed by atoms with Crippen LogP contribution in [0.15, 0.2) is 64.0 Å². The van der Waals surface area contributed by atoms with Gasteiger partial charge in [0.25, 0.3) is 0 Å². The number of halogens is 2. The molecule has 0 spiro atoms. The monoisotopic (exact) mass is 600 g/mol. The van der Waals surface area contributed by atoms with Gasteiger partial charge in [0.15, 0.2) is 0 Å². The molecule has 0 amide bonds. The summed E-state index contributed by atoms with van der Waals surface area (Å²) in [6, 6.07) is 16.6. The summed E-state index contributed by atoms with van der Waals surface area (Å²) >= 11 is -3.82. The first kappa shape index (κ1) is 28.3. The Bertz CT molecular complexity index is 1170. The van der Waals surface area contributed by atoms with E-state index in [1.165, 1.54) is 95.6 Å². The van der Waals surface area contributed by atoms with Crippen molar-refractivity contribution in [2.75, 3.05) is 0 Å². The number of fused-ring (bicyclic) bond motifs is 3. The van der Waals surface area contributed by atoms with Crippen LogP contribution < -0.4 is 3.27 Å². The third-order valence-corrected chi connectivity index (χ3v) is 27.5. The van der Waals surface area contributed by atoms with Gasteiger partial charge in [0.2, 0.25) is 0 Å². The zero-order chi connectivity index (χ0) is 23.0. The Kier molecular flexibility index (Phi) is 9.07. The van der Waals surface area contributed by atoms with Gasteiger partial charge in [-0.3, -0.25) is 0 Å². The van der Waals surface area contributed by atoms with Crippen LogP contribution in [0, 0.1) is 11.8 Å². The second-order valence-electron chi connectivity index (χ2n) is 12.3. The van der Waals surface area contributed by atoms with E-state index in [0.717, 1.165) is 18.3 Å². The third-order valence-electron chi connectivity index (χ3n) is 10.2. The van der Waals surface area contributed by atoms with Crippen LogP contribution in [0.2, 0.25) is 8.26 Å². The molecule has 0 saturated heterocycles. The molecule has 2 aromatic carbocycles. The number of hydrogen-bond acceptors (Lipinski definition) is 0. The Morgan fingerprint density at radius 1 is 0.722 bits per heavy atom. The second-order valence-corrected chi connectivity index (χ2v) is 26.8. The van der Waals surface area contributed by atoms with Crippen LogP contribution in [0.1, 0.15) is 81.8 Å². The molecular formula is C33H44Cl2Zr. The molecule has 0 bridgehead atoms. The summed E-state index contributed by atoms with van der Waals surface area (Å²) in [5.41, 5.74) is 6.21. The van der Waals surface area contributed by atoms with Crippen molar-refractivity contribution >= 4 is 32.3 Å². The van der Waals surface area contributed by atoms with Crippen molar-refractivity contribution in [3.8, 4) is 11.1 Å². The average Bonchev–Trinajstić information content (AvgIpc) is 3.54. The molecule has 0 radical (unpaired) electrons. The fraction of sp³-hybridized carbons (Fsp3) is 0.485. The first-order chi connectivity index (χ1) is 16.6. The Hall–Kier alpha value is -0.747. The molecule has 0 atom stereocenters. The van der Waals surface area contributed by atoms with Gasteiger partial charge in [-0.15, -0.1) is 24.8 Å². The quantitative estimate of drug-likeness (QED) is 0.264. The molecular weight excluding hydrogens is 558 g/mol. The van der Waals surface area contributed by atoms with Gasteiger partial charge in [-0.05, 0) is 0 Å². The van der Waals surface area contributed by atoms with Crippen molar-refractivity contribution in [3.05, 3.63) is 75.1 Å². The Labute approximate surface area is 232 Å². The second kappa shape index (κ2) is 11.6. The van der Waals surface area contributed by atoms with E-state index in [1.54, 1.807) is 8.83 Å². The van der Waals surface area contributed by atoms with Crippen LogP contribution in [0.3, 0.4) is 0 Å². The fourth-order valence-corrected chi connectivity index (χ4v) is 27.8. The van der Waals surface area contributed by atoms with E-state index in [9.17, 15) is 0 Å². The number of rotatable bonds is 6. The van der Waals surface area contributed by atoms with Gasteiger partial charge in [0.1, 0.15) is 0 Å². The van der Waals surface area contributed by atoms with Crippen molar-refractivity contribution in [1.82, 2.24) is 0 Å². The summed E-state index contributed by atoms with van der Waals surface area (Å²) < 4.78 is 12.2. The Morgan fingerprint density at radius 2 is 1.33 bits per heavy atom. The Balaban J connectivity index is 0.00000152. The molecule has 194 valence electrons. The molecule has 0 unspecified atom stereocenters. The van der Waals surface area contributed by atoms with Gasteiger partial charge in [0.05, 0.1) is 0 Å². The minimum absolute atomic E-state index is 0. The molecule has 3 heteroatoms. The summed E-state index contributed by atoms with van der Waals surface area (Å²) in [7, 11) is 0. The van der Waals surface area contributed by atoms with Crippen molar-refractivity contribution in [2.24, 2.45) is 11.8 Å². The van der Waals surface area contributed by atoms with Crippen LogP contribution in [0.4, 0.5) is 0 Å². The van der Waals surface area contributed by atoms with Crippen LogP contribution in [0.5, 0.6) is 0 Å². The summed E-state index contributed by atoms with van der Waals surface area (Å²) in [6.45, 7) is 0. The van der Waals surface area contributed by atoms with Gasteiger partial charge in [-0.1, -0.05) is 0 Å². The zero-order valence-electron chi connectivity index (χ0n) is 21.9. The molecule has 2 aromatic rings. The minimum atomic E-state index is -3.82. The first-order valence-corrected chi connectivity index (χ1v) is 21.9. The Morgan fingerprint density at radius 3 is 1.94 bits per heavy atom. The molecule has 4 aliphatic rings. The van der Waals surface area contributed by atoms with Crippen molar-refractivity contribution in [2.45, 2.75) is 85.3 Å². The van der Waals surface area contributed by atoms with Crippen LogP contribution in [0.25, 0.3) is 11.1 Å². The standard InChI is InChI=1S/C13H9.2C7H13.C5H5.CH2.2ClH.Zr/c1-3-7-12-10(5-1)9-11-6-2-4-8-13(11)12;2*1-7-5-3-2-4-6-7;1-2-4-5-3-1;;;;/h1-5,7-8H,9H2;2*7H,1-6H2;1-3H,4H2;1H2;2*1H;. The molecule has 0 N–H and O–H groups in total. The molecule has 0 aromatic heterocycles. The van der Waals surface area contributed by atoms with Gasteiger partial charge >= 0.3 is 209 Å². The molecule has 6 rings (SSSR count). The summed E-state index contributed by atoms with van der Waals surface area (Å²) in [5.74, 6) is 1.78. The maximum absolute atomic E-state index is 5.68. The SMILES string of the molecule is Cl.Cl.[CH2]=[Zr]([CH2]C1CCCCC1)([CH2]C1CCCCC1)([C]1=CC=CC1)[c]1cccc2c1Cc1ccccc1-2. The van der Waals surface area contributed by atoms with E-state index < -0.39 is 18.3 Å². The predicted molar refractivity (Wildman–Crippen MR) is 161 cm³/mol. The summed E-state index contributed by atoms with van der Waals surface area (Å²) in [5, 5.41) is 0. The van der Waals surface area contributed by atoms with E-state index in [1.807, 2.05) is 3.28 Å². The van der Waals surface area contributed by atoms with Crippen molar-refractivity contribution < 1.29 is 18.3 Å². The number of hydrogen-bond donors (Lipinski definition) is 0. The summed E-state index contributed by atoms with van der Waals surface area (Å²) in [6.07, 6.45) is 24.1. The zero-order valence-corrected chi connectivity index (χ0v) is 25.9. The summed E-state index contributed by atoms with van der Waals surface area (Å²) in [4.78, 5) is 0. The predicted octanol–water partition coefficient (Wildman–Crippen LogP) is 9.69. The molecule has 2 saturated carbocycles. The average molecular weight is 603 g/mol. The molecule has 0 aliphatic heterocycles. The van der Waals surface area contributed by atoms with Gasteiger partial charge in [-0.25, -0.2) is 0 Å².